The van der Waals surface area contributed by atoms with Gasteiger partial charge in [-0.3, -0.25) is 4.79 Å². The molecule has 0 N–H and O–H groups in total. The number of carbonyl (C=O) groups excluding carboxylic acids is 2. The molecule has 1 aliphatic rings. The molecule has 0 aliphatic carbocycles. The van der Waals surface area contributed by atoms with E-state index in [0.717, 1.165) is 16.3 Å². The fraction of sp³-hybridized carbons (Fsp3) is 0.125. The lowest BCUT2D eigenvalue weighted by Gasteiger charge is -2.10. The number of ether oxygens (including phenoxy) is 3. The average Bonchev–Trinajstić information content (AvgIpc) is 3.09. The topological polar surface area (TPSA) is 74.2 Å². The molecular formula is C24H19NO5. The number of fused-ring (bicyclic) bond motifs is 1. The van der Waals surface area contributed by atoms with Crippen molar-refractivity contribution in [1.82, 2.24) is 0 Å². The highest BCUT2D eigenvalue weighted by molar-refractivity contribution is 6.17. The molecule has 0 spiro atoms. The van der Waals surface area contributed by atoms with Crippen LogP contribution >= 0.6 is 0 Å². The second kappa shape index (κ2) is 8.21. The van der Waals surface area contributed by atoms with Gasteiger partial charge in [0.25, 0.3) is 0 Å². The minimum atomic E-state index is -0.528. The van der Waals surface area contributed by atoms with Gasteiger partial charge in [-0.25, -0.2) is 9.79 Å². The first-order chi connectivity index (χ1) is 14.5. The van der Waals surface area contributed by atoms with Crippen LogP contribution in [0.4, 0.5) is 0 Å². The van der Waals surface area contributed by atoms with Crippen molar-refractivity contribution < 1.29 is 23.8 Å². The monoisotopic (exact) mass is 401 g/mol. The highest BCUT2D eigenvalue weighted by atomic mass is 16.6. The van der Waals surface area contributed by atoms with E-state index in [-0.39, 0.29) is 11.6 Å². The maximum atomic E-state index is 12.4. The lowest BCUT2D eigenvalue weighted by Crippen LogP contribution is -2.06. The van der Waals surface area contributed by atoms with Crippen LogP contribution in [0.2, 0.25) is 0 Å². The van der Waals surface area contributed by atoms with Crippen LogP contribution in [0, 0.1) is 0 Å². The largest absolute Gasteiger partial charge is 0.490 e. The van der Waals surface area contributed by atoms with Gasteiger partial charge in [-0.15, -0.1) is 0 Å². The third-order valence-corrected chi connectivity index (χ3v) is 4.47. The molecule has 0 unspecified atom stereocenters. The van der Waals surface area contributed by atoms with Gasteiger partial charge in [0.15, 0.2) is 17.2 Å². The van der Waals surface area contributed by atoms with Crippen molar-refractivity contribution in [3.63, 3.8) is 0 Å². The van der Waals surface area contributed by atoms with Crippen molar-refractivity contribution >= 4 is 34.7 Å². The normalized spacial score (nSPS) is 14.5. The average molecular weight is 401 g/mol. The molecular weight excluding hydrogens is 382 g/mol. The minimum Gasteiger partial charge on any atom is -0.490 e. The summed E-state index contributed by atoms with van der Waals surface area (Å²) in [7, 11) is 0. The van der Waals surface area contributed by atoms with E-state index in [0.29, 0.717) is 23.7 Å². The molecule has 1 aliphatic heterocycles. The van der Waals surface area contributed by atoms with Crippen LogP contribution in [0.3, 0.4) is 0 Å². The summed E-state index contributed by atoms with van der Waals surface area (Å²) in [6, 6.07) is 18.6. The Hall–Kier alpha value is -3.93. The predicted molar refractivity (Wildman–Crippen MR) is 113 cm³/mol. The number of carbonyl (C=O) groups is 2. The van der Waals surface area contributed by atoms with Crippen molar-refractivity contribution in [1.29, 1.82) is 0 Å². The Morgan fingerprint density at radius 2 is 1.87 bits per heavy atom. The Bertz CT molecular complexity index is 1200. The van der Waals surface area contributed by atoms with E-state index in [2.05, 4.69) is 4.99 Å². The quantitative estimate of drug-likeness (QED) is 0.357. The second-order valence-electron chi connectivity index (χ2n) is 6.60. The molecule has 6 nitrogen and oxygen atoms in total. The summed E-state index contributed by atoms with van der Waals surface area (Å²) in [5.74, 6) is 0.0300. The van der Waals surface area contributed by atoms with Gasteiger partial charge >= 0.3 is 11.9 Å². The lowest BCUT2D eigenvalue weighted by atomic mass is 10.0. The number of rotatable bonds is 5. The van der Waals surface area contributed by atoms with E-state index < -0.39 is 11.9 Å². The Balaban J connectivity index is 1.70. The molecule has 30 heavy (non-hydrogen) atoms. The summed E-state index contributed by atoms with van der Waals surface area (Å²) in [5, 5.41) is 1.99. The minimum absolute atomic E-state index is 0.181. The maximum absolute atomic E-state index is 12.4. The van der Waals surface area contributed by atoms with Crippen LogP contribution in [0.5, 0.6) is 11.5 Å². The Labute approximate surface area is 173 Å². The second-order valence-corrected chi connectivity index (χ2v) is 6.60. The molecule has 0 fully saturated rings. The zero-order valence-corrected chi connectivity index (χ0v) is 16.5. The number of nitrogens with zero attached hydrogens (tertiary/aromatic N) is 1. The van der Waals surface area contributed by atoms with Gasteiger partial charge < -0.3 is 14.2 Å². The zero-order chi connectivity index (χ0) is 21.1. The van der Waals surface area contributed by atoms with Crippen molar-refractivity contribution in [2.75, 3.05) is 6.61 Å². The van der Waals surface area contributed by atoms with Gasteiger partial charge in [-0.2, -0.15) is 0 Å². The molecule has 3 aromatic rings. The van der Waals surface area contributed by atoms with Crippen molar-refractivity contribution in [3.8, 4) is 11.5 Å². The molecule has 0 atom stereocenters. The fourth-order valence-electron chi connectivity index (χ4n) is 3.22. The van der Waals surface area contributed by atoms with E-state index >= 15 is 0 Å². The fourth-order valence-corrected chi connectivity index (χ4v) is 3.22. The summed E-state index contributed by atoms with van der Waals surface area (Å²) >= 11 is 0. The van der Waals surface area contributed by atoms with E-state index in [1.54, 1.807) is 24.3 Å². The molecule has 0 aromatic heterocycles. The van der Waals surface area contributed by atoms with E-state index in [9.17, 15) is 9.59 Å². The summed E-state index contributed by atoms with van der Waals surface area (Å²) in [6.07, 6.45) is 1.61. The predicted octanol–water partition coefficient (Wildman–Crippen LogP) is 4.51. The highest BCUT2D eigenvalue weighted by Gasteiger charge is 2.25. The summed E-state index contributed by atoms with van der Waals surface area (Å²) in [6.45, 7) is 3.56. The van der Waals surface area contributed by atoms with Gasteiger partial charge in [0, 0.05) is 12.5 Å². The molecule has 1 heterocycles. The number of benzene rings is 3. The first kappa shape index (κ1) is 19.4. The highest BCUT2D eigenvalue weighted by Crippen LogP contribution is 2.31. The number of aliphatic imine (C=N–C) groups is 1. The van der Waals surface area contributed by atoms with Gasteiger partial charge in [0.1, 0.15) is 0 Å². The van der Waals surface area contributed by atoms with Crippen LogP contribution in [-0.4, -0.2) is 24.4 Å². The van der Waals surface area contributed by atoms with E-state index in [4.69, 9.17) is 14.2 Å². The Morgan fingerprint density at radius 3 is 2.67 bits per heavy atom. The summed E-state index contributed by atoms with van der Waals surface area (Å²) in [4.78, 5) is 28.1. The van der Waals surface area contributed by atoms with Crippen molar-refractivity contribution in [2.24, 2.45) is 4.99 Å². The zero-order valence-electron chi connectivity index (χ0n) is 16.5. The molecule has 0 saturated carbocycles. The SMILES string of the molecule is CCOc1cc(/C=C2/N=C(c3cccc4ccccc34)OC2=O)ccc1OC(C)=O. The molecule has 0 radical (unpaired) electrons. The third-order valence-electron chi connectivity index (χ3n) is 4.47. The molecule has 4 rings (SSSR count). The Kier molecular flexibility index (Phi) is 5.30. The van der Waals surface area contributed by atoms with Crippen LogP contribution < -0.4 is 9.47 Å². The maximum Gasteiger partial charge on any atom is 0.363 e. The van der Waals surface area contributed by atoms with Crippen LogP contribution in [0.1, 0.15) is 25.0 Å². The number of hydrogen-bond acceptors (Lipinski definition) is 6. The first-order valence-corrected chi connectivity index (χ1v) is 9.51. The number of hydrogen-bond donors (Lipinski definition) is 0. The summed E-state index contributed by atoms with van der Waals surface area (Å²) in [5.41, 5.74) is 1.61. The lowest BCUT2D eigenvalue weighted by molar-refractivity contribution is -0.132. The molecule has 0 bridgehead atoms. The van der Waals surface area contributed by atoms with Gasteiger partial charge in [-0.1, -0.05) is 42.5 Å². The van der Waals surface area contributed by atoms with Gasteiger partial charge in [-0.05, 0) is 47.5 Å². The van der Waals surface area contributed by atoms with E-state index in [1.807, 2.05) is 49.4 Å². The summed E-state index contributed by atoms with van der Waals surface area (Å²) < 4.78 is 16.1. The smallest absolute Gasteiger partial charge is 0.363 e. The molecule has 150 valence electrons. The number of cyclic esters (lactones) is 1. The van der Waals surface area contributed by atoms with Crippen molar-refractivity contribution in [2.45, 2.75) is 13.8 Å². The number of esters is 2. The molecule has 0 saturated heterocycles. The van der Waals surface area contributed by atoms with Crippen LogP contribution in [-0.2, 0) is 14.3 Å². The van der Waals surface area contributed by atoms with E-state index in [1.165, 1.54) is 6.92 Å². The third kappa shape index (κ3) is 3.93. The standard InChI is InChI=1S/C24H19NO5/c1-3-28-22-14-16(11-12-21(22)29-15(2)26)13-20-24(27)30-23(25-20)19-10-6-8-17-7-4-5-9-18(17)19/h4-14H,3H2,1-2H3/b20-13+. The Morgan fingerprint density at radius 1 is 1.07 bits per heavy atom. The molecule has 6 heteroatoms. The van der Waals surface area contributed by atoms with Crippen molar-refractivity contribution in [3.05, 3.63) is 77.5 Å². The molecule has 3 aromatic carbocycles. The first-order valence-electron chi connectivity index (χ1n) is 9.51. The van der Waals surface area contributed by atoms with Gasteiger partial charge in [0.05, 0.1) is 6.61 Å². The van der Waals surface area contributed by atoms with Crippen LogP contribution in [0.15, 0.2) is 71.4 Å². The molecule has 0 amide bonds. The van der Waals surface area contributed by atoms with Gasteiger partial charge in [0.2, 0.25) is 5.90 Å². The van der Waals surface area contributed by atoms with Crippen LogP contribution in [0.25, 0.3) is 16.8 Å².